The molecule has 6 atom stereocenters. The zero-order valence-electron chi connectivity index (χ0n) is 22.1. The number of hydrogen-bond acceptors (Lipinski definition) is 5. The van der Waals surface area contributed by atoms with Gasteiger partial charge in [-0.25, -0.2) is 0 Å². The number of nitrogens with one attached hydrogen (secondary N) is 2. The predicted octanol–water partition coefficient (Wildman–Crippen LogP) is 2.95. The molecule has 3 unspecified atom stereocenters. The molecular weight excluding hydrogens is 450 g/mol. The van der Waals surface area contributed by atoms with Crippen LogP contribution in [0.3, 0.4) is 0 Å². The highest BCUT2D eigenvalue weighted by Crippen LogP contribution is 2.68. The van der Waals surface area contributed by atoms with Crippen molar-refractivity contribution in [3.05, 3.63) is 0 Å². The predicted molar refractivity (Wildman–Crippen MR) is 136 cm³/mol. The van der Waals surface area contributed by atoms with Crippen LogP contribution < -0.4 is 10.6 Å². The molecule has 2 bridgehead atoms. The summed E-state index contributed by atoms with van der Waals surface area (Å²) >= 11 is 1.72. The van der Waals surface area contributed by atoms with E-state index in [-0.39, 0.29) is 46.8 Å². The molecule has 8 heteroatoms. The molecule has 194 valence electrons. The van der Waals surface area contributed by atoms with Gasteiger partial charge in [-0.1, -0.05) is 34.6 Å². The van der Waals surface area contributed by atoms with Crippen molar-refractivity contribution in [3.8, 4) is 0 Å². The molecule has 0 aromatic rings. The molecule has 0 aromatic heterocycles. The number of aliphatic hydroxyl groups is 1. The van der Waals surface area contributed by atoms with Gasteiger partial charge in [-0.3, -0.25) is 14.4 Å². The first-order valence-electron chi connectivity index (χ1n) is 13.0. The van der Waals surface area contributed by atoms with Crippen molar-refractivity contribution < 1.29 is 19.5 Å². The molecule has 3 N–H and O–H groups in total. The van der Waals surface area contributed by atoms with Crippen molar-refractivity contribution in [2.24, 2.45) is 23.2 Å². The Bertz CT molecular complexity index is 795. The van der Waals surface area contributed by atoms with Crippen molar-refractivity contribution in [3.63, 3.8) is 0 Å². The molecule has 0 aromatic carbocycles. The van der Waals surface area contributed by atoms with Gasteiger partial charge < -0.3 is 20.6 Å². The molecule has 34 heavy (non-hydrogen) atoms. The lowest BCUT2D eigenvalue weighted by atomic mass is 9.65. The Morgan fingerprint density at radius 1 is 1.18 bits per heavy atom. The second kappa shape index (κ2) is 10.00. The first kappa shape index (κ1) is 27.3. The third kappa shape index (κ3) is 4.99. The van der Waals surface area contributed by atoms with Crippen LogP contribution in [-0.4, -0.2) is 69.0 Å². The molecule has 3 aliphatic rings. The number of unbranched alkanes of at least 4 members (excludes halogenated alkanes) is 1. The number of nitrogens with zero attached hydrogens (tertiary/aromatic N) is 1. The lowest BCUT2D eigenvalue weighted by Crippen LogP contribution is -2.60. The summed E-state index contributed by atoms with van der Waals surface area (Å²) in [7, 11) is 0. The second-order valence-corrected chi connectivity index (χ2v) is 14.0. The van der Waals surface area contributed by atoms with Gasteiger partial charge in [0, 0.05) is 30.5 Å². The third-order valence-electron chi connectivity index (χ3n) is 7.59. The fourth-order valence-electron chi connectivity index (χ4n) is 6.89. The second-order valence-electron chi connectivity index (χ2n) is 12.4. The number of amides is 3. The van der Waals surface area contributed by atoms with Crippen LogP contribution in [0.2, 0.25) is 0 Å². The molecule has 3 heterocycles. The summed E-state index contributed by atoms with van der Waals surface area (Å²) in [4.78, 5) is 42.8. The van der Waals surface area contributed by atoms with Crippen molar-refractivity contribution >= 4 is 29.5 Å². The van der Waals surface area contributed by atoms with Gasteiger partial charge >= 0.3 is 0 Å². The van der Waals surface area contributed by atoms with Gasteiger partial charge in [-0.05, 0) is 57.3 Å². The molecule has 0 saturated carbocycles. The summed E-state index contributed by atoms with van der Waals surface area (Å²) in [6.07, 6.45) is 3.71. The Labute approximate surface area is 209 Å². The number of carbonyl (C=O) groups excluding carboxylic acids is 3. The fraction of sp³-hybridized carbons (Fsp3) is 0.885. The van der Waals surface area contributed by atoms with Crippen LogP contribution in [0.15, 0.2) is 0 Å². The minimum absolute atomic E-state index is 0.0419. The summed E-state index contributed by atoms with van der Waals surface area (Å²) in [6, 6.07) is -0.600. The lowest BCUT2D eigenvalue weighted by Gasteiger charge is -2.41. The minimum Gasteiger partial charge on any atom is -0.396 e. The van der Waals surface area contributed by atoms with E-state index in [9.17, 15) is 19.5 Å². The average Bonchev–Trinajstić information content (AvgIpc) is 3.28. The molecule has 3 saturated heterocycles. The average molecular weight is 496 g/mol. The highest BCUT2D eigenvalue weighted by atomic mass is 32.2. The van der Waals surface area contributed by atoms with E-state index in [4.69, 9.17) is 0 Å². The summed E-state index contributed by atoms with van der Waals surface area (Å²) in [5, 5.41) is 15.7. The van der Waals surface area contributed by atoms with Crippen LogP contribution >= 0.6 is 11.8 Å². The van der Waals surface area contributed by atoms with Gasteiger partial charge in [0.1, 0.15) is 6.04 Å². The summed E-state index contributed by atoms with van der Waals surface area (Å²) in [5.41, 5.74) is -0.382. The standard InChI is InChI=1S/C26H45N3O4S/c1-8-11-27-21(31)18-17-14-16(2)26(34-17)19(18)23(33)29(12-9-10-13-30)20(26)22(32)28-25(6,7)15-24(3,4)5/h16-20,30H,8-15H2,1-7H3,(H,27,31)(H,28,32)/t16?,17-,18+,19+,20?,26?/m1/s1. The maximum Gasteiger partial charge on any atom is 0.244 e. The molecule has 0 radical (unpaired) electrons. The van der Waals surface area contributed by atoms with E-state index in [2.05, 4.69) is 38.3 Å². The van der Waals surface area contributed by atoms with Crippen molar-refractivity contribution in [2.75, 3.05) is 19.7 Å². The maximum atomic E-state index is 14.0. The number of carbonyl (C=O) groups is 3. The Morgan fingerprint density at radius 2 is 1.85 bits per heavy atom. The maximum absolute atomic E-state index is 14.0. The Kier molecular flexibility index (Phi) is 8.03. The highest BCUT2D eigenvalue weighted by molar-refractivity contribution is 8.02. The highest BCUT2D eigenvalue weighted by Gasteiger charge is 2.75. The molecule has 0 aliphatic carbocycles. The SMILES string of the molecule is CCCNC(=O)[C@@H]1[C@H]2C(=O)N(CCCCO)C(C(=O)NC(C)(C)CC(C)(C)C)C23S[C@@H]1CC3C. The minimum atomic E-state index is -0.600. The zero-order valence-corrected chi connectivity index (χ0v) is 22.9. The first-order valence-corrected chi connectivity index (χ1v) is 13.9. The van der Waals surface area contributed by atoms with E-state index in [1.54, 1.807) is 16.7 Å². The molecule has 3 fully saturated rings. The number of aliphatic hydroxyl groups excluding tert-OH is 1. The van der Waals surface area contributed by atoms with E-state index in [1.807, 2.05) is 20.8 Å². The quantitative estimate of drug-likeness (QED) is 0.405. The molecular formula is C26H45N3O4S. The number of fused-ring (bicyclic) bond motifs is 1. The van der Waals surface area contributed by atoms with Gasteiger partial charge in [0.05, 0.1) is 16.6 Å². The van der Waals surface area contributed by atoms with E-state index in [1.165, 1.54) is 0 Å². The molecule has 7 nitrogen and oxygen atoms in total. The van der Waals surface area contributed by atoms with E-state index in [0.717, 1.165) is 19.3 Å². The van der Waals surface area contributed by atoms with Gasteiger partial charge in [0.2, 0.25) is 17.7 Å². The lowest BCUT2D eigenvalue weighted by molar-refractivity contribution is -0.140. The van der Waals surface area contributed by atoms with Crippen molar-refractivity contribution in [1.29, 1.82) is 0 Å². The van der Waals surface area contributed by atoms with Gasteiger partial charge in [0.15, 0.2) is 0 Å². The van der Waals surface area contributed by atoms with Gasteiger partial charge in [-0.15, -0.1) is 11.8 Å². The molecule has 3 rings (SSSR count). The van der Waals surface area contributed by atoms with E-state index >= 15 is 0 Å². The van der Waals surface area contributed by atoms with Crippen LogP contribution in [0.1, 0.15) is 80.6 Å². The largest absolute Gasteiger partial charge is 0.396 e. The Morgan fingerprint density at radius 3 is 2.44 bits per heavy atom. The van der Waals surface area contributed by atoms with Crippen molar-refractivity contribution in [2.45, 2.75) is 102 Å². The smallest absolute Gasteiger partial charge is 0.244 e. The van der Waals surface area contributed by atoms with Gasteiger partial charge in [-0.2, -0.15) is 0 Å². The monoisotopic (exact) mass is 495 g/mol. The number of rotatable bonds is 10. The molecule has 1 spiro atoms. The number of hydrogen-bond donors (Lipinski definition) is 3. The first-order chi connectivity index (χ1) is 15.8. The molecule has 3 aliphatic heterocycles. The van der Waals surface area contributed by atoms with Crippen LogP contribution in [0.5, 0.6) is 0 Å². The molecule has 3 amide bonds. The topological polar surface area (TPSA) is 98.7 Å². The van der Waals surface area contributed by atoms with Gasteiger partial charge in [0.25, 0.3) is 0 Å². The van der Waals surface area contributed by atoms with Crippen LogP contribution in [0, 0.1) is 23.2 Å². The number of likely N-dealkylation sites (tertiary alicyclic amines) is 1. The Balaban J connectivity index is 1.96. The van der Waals surface area contributed by atoms with Crippen LogP contribution in [0.4, 0.5) is 0 Å². The Hall–Kier alpha value is -1.28. The van der Waals surface area contributed by atoms with E-state index in [0.29, 0.717) is 25.9 Å². The fourth-order valence-corrected chi connectivity index (χ4v) is 9.31. The van der Waals surface area contributed by atoms with Crippen molar-refractivity contribution in [1.82, 2.24) is 15.5 Å². The summed E-state index contributed by atoms with van der Waals surface area (Å²) in [5.74, 6) is -0.916. The van der Waals surface area contributed by atoms with E-state index < -0.39 is 22.2 Å². The van der Waals surface area contributed by atoms with Crippen LogP contribution in [0.25, 0.3) is 0 Å². The third-order valence-corrected chi connectivity index (χ3v) is 9.66. The summed E-state index contributed by atoms with van der Waals surface area (Å²) < 4.78 is -0.586. The normalized spacial score (nSPS) is 32.8. The zero-order chi connectivity index (χ0) is 25.5. The summed E-state index contributed by atoms with van der Waals surface area (Å²) in [6.45, 7) is 15.8. The number of thioether (sulfide) groups is 1. The van der Waals surface area contributed by atoms with Crippen LogP contribution in [-0.2, 0) is 14.4 Å².